The van der Waals surface area contributed by atoms with E-state index >= 15 is 0 Å². The fourth-order valence-electron chi connectivity index (χ4n) is 3.28. The summed E-state index contributed by atoms with van der Waals surface area (Å²) in [5.74, 6) is -0.219. The monoisotopic (exact) mass is 482 g/mol. The molecule has 3 N–H and O–H groups in total. The Bertz CT molecular complexity index is 1020. The molecule has 0 saturated heterocycles. The molecule has 2 atom stereocenters. The van der Waals surface area contributed by atoms with Gasteiger partial charge in [-0.2, -0.15) is 4.31 Å². The number of sulfonamides is 1. The minimum absolute atomic E-state index is 0.00323. The van der Waals surface area contributed by atoms with Crippen LogP contribution in [0.15, 0.2) is 58.5 Å². The van der Waals surface area contributed by atoms with Crippen molar-refractivity contribution in [2.45, 2.75) is 23.5 Å². The van der Waals surface area contributed by atoms with E-state index in [2.05, 4.69) is 0 Å². The molecule has 9 nitrogen and oxygen atoms in total. The van der Waals surface area contributed by atoms with Crippen LogP contribution in [0.3, 0.4) is 0 Å². The zero-order chi connectivity index (χ0) is 23.1. The molecule has 1 amide bonds. The number of benzene rings is 1. The van der Waals surface area contributed by atoms with E-state index in [1.165, 1.54) is 19.2 Å². The van der Waals surface area contributed by atoms with Crippen LogP contribution in [0.25, 0.3) is 0 Å². The number of primary amides is 1. The van der Waals surface area contributed by atoms with Gasteiger partial charge in [0.2, 0.25) is 16.3 Å². The maximum Gasteiger partial charge on any atom is 0.283 e. The quantitative estimate of drug-likeness (QED) is 0.498. The third-order valence-electron chi connectivity index (χ3n) is 4.90. The highest BCUT2D eigenvalue weighted by Crippen LogP contribution is 2.33. The molecule has 1 aromatic carbocycles. The van der Waals surface area contributed by atoms with Gasteiger partial charge in [0.05, 0.1) is 25.2 Å². The standard InChI is InChI=1S/C21H26N2O7S2/c1-28-16-4-6-17(7-5-16)32(26,27)23(8-10-24)9-11-29-20-14-15(19-3-2-12-31-19)13-18(30-20)21(22)25/h2-7,12-13,15,20,24H,8-11,14H2,1H3,(H2,22,25)/t15-,20+/m0/s1. The van der Waals surface area contributed by atoms with Crippen molar-refractivity contribution in [3.8, 4) is 5.75 Å². The second kappa shape index (κ2) is 10.9. The Morgan fingerprint density at radius 1 is 1.28 bits per heavy atom. The molecule has 174 valence electrons. The Hall–Kier alpha value is -2.44. The predicted octanol–water partition coefficient (Wildman–Crippen LogP) is 1.66. The maximum absolute atomic E-state index is 13.0. The summed E-state index contributed by atoms with van der Waals surface area (Å²) in [5.41, 5.74) is 5.39. The van der Waals surface area contributed by atoms with Gasteiger partial charge in [-0.25, -0.2) is 8.42 Å². The number of nitrogens with zero attached hydrogens (tertiary/aromatic N) is 1. The van der Waals surface area contributed by atoms with Gasteiger partial charge in [0.1, 0.15) is 5.75 Å². The SMILES string of the molecule is COc1ccc(S(=O)(=O)N(CCO)CCO[C@H]2C[C@@H](c3cccs3)C=C(C(N)=O)O2)cc1. The molecular formula is C21H26N2O7S2. The molecule has 0 fully saturated rings. The van der Waals surface area contributed by atoms with Crippen molar-refractivity contribution in [2.75, 3.05) is 33.4 Å². The smallest absolute Gasteiger partial charge is 0.283 e. The van der Waals surface area contributed by atoms with Crippen LogP contribution in [0.4, 0.5) is 0 Å². The lowest BCUT2D eigenvalue weighted by atomic mass is 10.00. The van der Waals surface area contributed by atoms with Gasteiger partial charge in [0.25, 0.3) is 5.91 Å². The van der Waals surface area contributed by atoms with E-state index in [1.807, 2.05) is 17.5 Å². The fourth-order valence-corrected chi connectivity index (χ4v) is 5.50. The van der Waals surface area contributed by atoms with Gasteiger partial charge >= 0.3 is 0 Å². The number of aliphatic hydroxyl groups excluding tert-OH is 1. The lowest BCUT2D eigenvalue weighted by Crippen LogP contribution is -2.37. The number of hydrogen-bond acceptors (Lipinski definition) is 8. The number of carbonyl (C=O) groups excluding carboxylic acids is 1. The van der Waals surface area contributed by atoms with Crippen molar-refractivity contribution < 1.29 is 32.5 Å². The predicted molar refractivity (Wildman–Crippen MR) is 119 cm³/mol. The third-order valence-corrected chi connectivity index (χ3v) is 7.82. The van der Waals surface area contributed by atoms with Crippen molar-refractivity contribution in [1.29, 1.82) is 0 Å². The molecule has 32 heavy (non-hydrogen) atoms. The number of methoxy groups -OCH3 is 1. The van der Waals surface area contributed by atoms with Crippen molar-refractivity contribution in [3.05, 3.63) is 58.5 Å². The lowest BCUT2D eigenvalue weighted by Gasteiger charge is -2.29. The summed E-state index contributed by atoms with van der Waals surface area (Å²) in [6.45, 7) is -0.435. The van der Waals surface area contributed by atoms with E-state index in [9.17, 15) is 18.3 Å². The number of hydrogen-bond donors (Lipinski definition) is 2. The Balaban J connectivity index is 1.65. The average molecular weight is 483 g/mol. The molecule has 1 aliphatic rings. The van der Waals surface area contributed by atoms with E-state index in [0.29, 0.717) is 12.2 Å². The van der Waals surface area contributed by atoms with Crippen molar-refractivity contribution >= 4 is 27.3 Å². The minimum Gasteiger partial charge on any atom is -0.497 e. The second-order valence-electron chi connectivity index (χ2n) is 6.97. The third kappa shape index (κ3) is 5.87. The van der Waals surface area contributed by atoms with Crippen molar-refractivity contribution in [3.63, 3.8) is 0 Å². The molecule has 0 spiro atoms. The molecule has 3 rings (SSSR count). The van der Waals surface area contributed by atoms with Gasteiger partial charge in [-0.15, -0.1) is 11.3 Å². The van der Waals surface area contributed by atoms with Gasteiger partial charge in [-0.1, -0.05) is 6.07 Å². The number of thiophene rings is 1. The summed E-state index contributed by atoms with van der Waals surface area (Å²) in [7, 11) is -2.35. The summed E-state index contributed by atoms with van der Waals surface area (Å²) in [6.07, 6.45) is 1.39. The van der Waals surface area contributed by atoms with E-state index in [1.54, 1.807) is 29.5 Å². The van der Waals surface area contributed by atoms with Crippen LogP contribution in [0.1, 0.15) is 17.2 Å². The summed E-state index contributed by atoms with van der Waals surface area (Å²) in [6, 6.07) is 9.87. The van der Waals surface area contributed by atoms with Gasteiger partial charge in [-0.05, 0) is 41.8 Å². The number of rotatable bonds is 11. The van der Waals surface area contributed by atoms with Crippen molar-refractivity contribution in [1.82, 2.24) is 4.31 Å². The summed E-state index contributed by atoms with van der Waals surface area (Å²) >= 11 is 1.55. The summed E-state index contributed by atoms with van der Waals surface area (Å²) in [4.78, 5) is 12.8. The minimum atomic E-state index is -3.85. The van der Waals surface area contributed by atoms with E-state index in [0.717, 1.165) is 9.18 Å². The summed E-state index contributed by atoms with van der Waals surface area (Å²) in [5, 5.41) is 11.3. The number of carbonyl (C=O) groups is 1. The fraction of sp³-hybridized carbons (Fsp3) is 0.381. The van der Waals surface area contributed by atoms with Crippen LogP contribution in [0, 0.1) is 0 Å². The molecule has 0 aliphatic carbocycles. The molecule has 0 radical (unpaired) electrons. The normalized spacial score (nSPS) is 18.8. The molecule has 0 bridgehead atoms. The topological polar surface area (TPSA) is 128 Å². The highest BCUT2D eigenvalue weighted by Gasteiger charge is 2.29. The Morgan fingerprint density at radius 3 is 2.62 bits per heavy atom. The van der Waals surface area contributed by atoms with Gasteiger partial charge < -0.3 is 25.1 Å². The molecule has 1 aromatic heterocycles. The van der Waals surface area contributed by atoms with Gasteiger partial charge in [-0.3, -0.25) is 4.79 Å². The number of aliphatic hydroxyl groups is 1. The van der Waals surface area contributed by atoms with Crippen LogP contribution in [0.2, 0.25) is 0 Å². The lowest BCUT2D eigenvalue weighted by molar-refractivity contribution is -0.144. The Kier molecular flexibility index (Phi) is 8.26. The Morgan fingerprint density at radius 2 is 2.03 bits per heavy atom. The highest BCUT2D eigenvalue weighted by molar-refractivity contribution is 7.89. The van der Waals surface area contributed by atoms with E-state index < -0.39 is 22.2 Å². The van der Waals surface area contributed by atoms with Gasteiger partial charge in [0.15, 0.2) is 5.76 Å². The zero-order valence-corrected chi connectivity index (χ0v) is 19.2. The average Bonchev–Trinajstić information content (AvgIpc) is 3.33. The van der Waals surface area contributed by atoms with Crippen LogP contribution in [0.5, 0.6) is 5.75 Å². The first kappa shape index (κ1) is 24.2. The molecule has 1 aliphatic heterocycles. The molecular weight excluding hydrogens is 456 g/mol. The van der Waals surface area contributed by atoms with Crippen LogP contribution in [-0.4, -0.2) is 63.4 Å². The van der Waals surface area contributed by atoms with Crippen LogP contribution in [-0.2, 0) is 24.3 Å². The van der Waals surface area contributed by atoms with Crippen LogP contribution >= 0.6 is 11.3 Å². The number of amides is 1. The highest BCUT2D eigenvalue weighted by atomic mass is 32.2. The first-order chi connectivity index (χ1) is 15.3. The van der Waals surface area contributed by atoms with Crippen molar-refractivity contribution in [2.24, 2.45) is 5.73 Å². The first-order valence-corrected chi connectivity index (χ1v) is 12.3. The van der Waals surface area contributed by atoms with Gasteiger partial charge in [0, 0.05) is 30.3 Å². The molecule has 11 heteroatoms. The molecule has 0 unspecified atom stereocenters. The number of ether oxygens (including phenoxy) is 3. The number of allylic oxidation sites excluding steroid dienone is 1. The van der Waals surface area contributed by atoms with E-state index in [4.69, 9.17) is 19.9 Å². The molecule has 2 heterocycles. The zero-order valence-electron chi connectivity index (χ0n) is 17.5. The Labute approximate surface area is 191 Å². The molecule has 0 saturated carbocycles. The first-order valence-electron chi connectivity index (χ1n) is 9.93. The van der Waals surface area contributed by atoms with E-state index in [-0.39, 0.29) is 42.9 Å². The van der Waals surface area contributed by atoms with Crippen LogP contribution < -0.4 is 10.5 Å². The second-order valence-corrected chi connectivity index (χ2v) is 9.89. The largest absolute Gasteiger partial charge is 0.497 e. The maximum atomic E-state index is 13.0. The number of nitrogens with two attached hydrogens (primary N) is 1. The molecule has 2 aromatic rings. The summed E-state index contributed by atoms with van der Waals surface area (Å²) < 4.78 is 43.5.